The number of hydrogen-bond acceptors (Lipinski definition) is 5. The van der Waals surface area contributed by atoms with E-state index < -0.39 is 5.91 Å². The molecular formula is C16H23N4O2. The summed E-state index contributed by atoms with van der Waals surface area (Å²) >= 11 is 0. The summed E-state index contributed by atoms with van der Waals surface area (Å²) in [7, 11) is 1.93. The van der Waals surface area contributed by atoms with Gasteiger partial charge in [0.25, 0.3) is 11.9 Å². The summed E-state index contributed by atoms with van der Waals surface area (Å²) in [6.45, 7) is 8.31. The van der Waals surface area contributed by atoms with Gasteiger partial charge in [-0.15, -0.1) is 0 Å². The van der Waals surface area contributed by atoms with Gasteiger partial charge in [0.2, 0.25) is 0 Å². The third-order valence-corrected chi connectivity index (χ3v) is 3.78. The van der Waals surface area contributed by atoms with Crippen molar-refractivity contribution in [3.05, 3.63) is 23.8 Å². The summed E-state index contributed by atoms with van der Waals surface area (Å²) in [5, 5.41) is 0. The molecular weight excluding hydrogens is 280 g/mol. The van der Waals surface area contributed by atoms with E-state index in [2.05, 4.69) is 29.8 Å². The summed E-state index contributed by atoms with van der Waals surface area (Å²) < 4.78 is 5.70. The molecule has 0 saturated heterocycles. The van der Waals surface area contributed by atoms with Crippen LogP contribution in [-0.2, 0) is 0 Å². The minimum atomic E-state index is -0.547. The van der Waals surface area contributed by atoms with Crippen LogP contribution in [0.5, 0.6) is 0 Å². The smallest absolute Gasteiger partial charge is 0.298 e. The molecule has 2 aromatic rings. The number of oxazole rings is 1. The number of carbonyl (C=O) groups excluding carboxylic acids is 1. The summed E-state index contributed by atoms with van der Waals surface area (Å²) in [5.74, 6) is -0.547. The van der Waals surface area contributed by atoms with E-state index in [9.17, 15) is 4.79 Å². The van der Waals surface area contributed by atoms with E-state index in [-0.39, 0.29) is 5.56 Å². The molecule has 1 heterocycles. The second-order valence-corrected chi connectivity index (χ2v) is 5.23. The van der Waals surface area contributed by atoms with Gasteiger partial charge in [-0.05, 0) is 44.3 Å². The molecule has 1 aromatic heterocycles. The molecule has 0 atom stereocenters. The first-order valence-corrected chi connectivity index (χ1v) is 7.61. The maximum atomic E-state index is 11.4. The van der Waals surface area contributed by atoms with E-state index in [0.717, 1.165) is 32.6 Å². The van der Waals surface area contributed by atoms with Crippen molar-refractivity contribution in [1.82, 2.24) is 9.88 Å². The number of fused-ring (bicyclic) bond motifs is 1. The highest BCUT2D eigenvalue weighted by Crippen LogP contribution is 2.23. The number of nitrogens with two attached hydrogens (primary N) is 1. The van der Waals surface area contributed by atoms with E-state index in [0.29, 0.717) is 17.1 Å². The Morgan fingerprint density at radius 1 is 1.36 bits per heavy atom. The van der Waals surface area contributed by atoms with Crippen LogP contribution in [0.4, 0.5) is 6.01 Å². The molecule has 2 N–H and O–H groups in total. The van der Waals surface area contributed by atoms with Gasteiger partial charge in [0.05, 0.1) is 5.56 Å². The van der Waals surface area contributed by atoms with Crippen LogP contribution in [0.15, 0.2) is 16.5 Å². The Bertz CT molecular complexity index is 634. The quantitative estimate of drug-likeness (QED) is 0.806. The van der Waals surface area contributed by atoms with Crippen LogP contribution in [-0.4, -0.2) is 49.0 Å². The van der Waals surface area contributed by atoms with Gasteiger partial charge in [0, 0.05) is 13.6 Å². The van der Waals surface area contributed by atoms with Crippen molar-refractivity contribution in [2.24, 2.45) is 5.73 Å². The lowest BCUT2D eigenvalue weighted by Crippen LogP contribution is -2.28. The van der Waals surface area contributed by atoms with E-state index in [4.69, 9.17) is 10.2 Å². The molecule has 0 unspecified atom stereocenters. The summed E-state index contributed by atoms with van der Waals surface area (Å²) in [5.41, 5.74) is 6.63. The van der Waals surface area contributed by atoms with Crippen molar-refractivity contribution in [2.45, 2.75) is 20.3 Å². The molecule has 1 radical (unpaired) electrons. The largest absolute Gasteiger partial charge is 0.423 e. The highest BCUT2D eigenvalue weighted by Gasteiger charge is 2.15. The van der Waals surface area contributed by atoms with Gasteiger partial charge >= 0.3 is 0 Å². The molecule has 6 nitrogen and oxygen atoms in total. The van der Waals surface area contributed by atoms with Crippen LogP contribution in [0.2, 0.25) is 0 Å². The molecule has 119 valence electrons. The Kier molecular flexibility index (Phi) is 5.38. The van der Waals surface area contributed by atoms with Crippen molar-refractivity contribution in [3.8, 4) is 0 Å². The average Bonchev–Trinajstić information content (AvgIpc) is 2.95. The van der Waals surface area contributed by atoms with Gasteiger partial charge in [-0.25, -0.2) is 0 Å². The zero-order valence-electron chi connectivity index (χ0n) is 13.4. The minimum Gasteiger partial charge on any atom is -0.423 e. The predicted molar refractivity (Wildman–Crippen MR) is 87.0 cm³/mol. The van der Waals surface area contributed by atoms with Crippen LogP contribution in [0.25, 0.3) is 11.1 Å². The maximum Gasteiger partial charge on any atom is 0.298 e. The van der Waals surface area contributed by atoms with Crippen molar-refractivity contribution < 1.29 is 9.21 Å². The van der Waals surface area contributed by atoms with E-state index in [1.165, 1.54) is 0 Å². The number of amides is 1. The lowest BCUT2D eigenvalue weighted by atomic mass is 10.2. The molecule has 0 spiro atoms. The fraction of sp³-hybridized carbons (Fsp3) is 0.500. The molecule has 0 fully saturated rings. The first-order valence-electron chi connectivity index (χ1n) is 7.61. The lowest BCUT2D eigenvalue weighted by Gasteiger charge is -2.20. The molecule has 0 saturated carbocycles. The third kappa shape index (κ3) is 3.57. The van der Waals surface area contributed by atoms with Gasteiger partial charge < -0.3 is 20.0 Å². The number of nitrogens with zero attached hydrogens (tertiary/aromatic N) is 3. The van der Waals surface area contributed by atoms with E-state index in [1.807, 2.05) is 11.9 Å². The van der Waals surface area contributed by atoms with Crippen LogP contribution in [0.3, 0.4) is 0 Å². The Balaban J connectivity index is 2.07. The maximum absolute atomic E-state index is 11.4. The minimum absolute atomic E-state index is 0.268. The number of primary amides is 1. The zero-order chi connectivity index (χ0) is 16.1. The monoisotopic (exact) mass is 303 g/mol. The predicted octanol–water partition coefficient (Wildman–Crippen LogP) is 1.89. The second kappa shape index (κ2) is 7.26. The molecule has 0 aliphatic carbocycles. The number of carbonyl (C=O) groups is 1. The molecule has 1 aromatic carbocycles. The van der Waals surface area contributed by atoms with Crippen LogP contribution < -0.4 is 10.6 Å². The fourth-order valence-electron chi connectivity index (χ4n) is 2.40. The molecule has 1 amide bonds. The Hall–Kier alpha value is -2.08. The first kappa shape index (κ1) is 16.3. The first-order chi connectivity index (χ1) is 10.6. The number of rotatable bonds is 8. The van der Waals surface area contributed by atoms with Gasteiger partial charge in [-0.2, -0.15) is 4.98 Å². The summed E-state index contributed by atoms with van der Waals surface area (Å²) in [6.07, 6.45) is 1.02. The van der Waals surface area contributed by atoms with Crippen LogP contribution in [0, 0.1) is 6.07 Å². The van der Waals surface area contributed by atoms with Gasteiger partial charge in [-0.3, -0.25) is 4.79 Å². The van der Waals surface area contributed by atoms with Gasteiger partial charge in [0.15, 0.2) is 5.58 Å². The molecule has 0 aliphatic heterocycles. The van der Waals surface area contributed by atoms with Crippen LogP contribution in [0.1, 0.15) is 30.6 Å². The van der Waals surface area contributed by atoms with Crippen LogP contribution >= 0.6 is 0 Å². The van der Waals surface area contributed by atoms with Gasteiger partial charge in [0.1, 0.15) is 5.52 Å². The normalized spacial score (nSPS) is 11.3. The van der Waals surface area contributed by atoms with Crippen molar-refractivity contribution in [1.29, 1.82) is 0 Å². The van der Waals surface area contributed by atoms with E-state index >= 15 is 0 Å². The highest BCUT2D eigenvalue weighted by molar-refractivity contribution is 6.03. The molecule has 22 heavy (non-hydrogen) atoms. The molecule has 0 bridgehead atoms. The Morgan fingerprint density at radius 3 is 2.73 bits per heavy atom. The van der Waals surface area contributed by atoms with Gasteiger partial charge in [-0.1, -0.05) is 13.8 Å². The third-order valence-electron chi connectivity index (χ3n) is 3.78. The fourth-order valence-corrected chi connectivity index (χ4v) is 2.40. The van der Waals surface area contributed by atoms with Crippen molar-refractivity contribution >= 4 is 23.0 Å². The van der Waals surface area contributed by atoms with Crippen molar-refractivity contribution in [2.75, 3.05) is 38.1 Å². The standard InChI is InChI=1S/C16H23N4O2/c1-4-20(5-2)11-7-10-19(3)16-18-14-12(15(17)21)8-6-9-13(14)22-16/h6,9H,4-5,7,10-11H2,1-3H3,(H2,17,21). The zero-order valence-corrected chi connectivity index (χ0v) is 13.4. The lowest BCUT2D eigenvalue weighted by molar-refractivity contribution is 0.100. The van der Waals surface area contributed by atoms with E-state index in [1.54, 1.807) is 12.1 Å². The molecule has 0 aliphatic rings. The topological polar surface area (TPSA) is 75.6 Å². The second-order valence-electron chi connectivity index (χ2n) is 5.23. The number of aromatic nitrogens is 1. The summed E-state index contributed by atoms with van der Waals surface area (Å²) in [4.78, 5) is 20.1. The highest BCUT2D eigenvalue weighted by atomic mass is 16.4. The average molecular weight is 303 g/mol. The Labute approximate surface area is 130 Å². The number of anilines is 1. The SMILES string of the molecule is CCN(CC)CCCN(C)c1nc2c(C(N)=O)[c]ccc2o1. The van der Waals surface area contributed by atoms with Crippen molar-refractivity contribution in [3.63, 3.8) is 0 Å². The summed E-state index contributed by atoms with van der Waals surface area (Å²) in [6, 6.07) is 6.67. The Morgan fingerprint density at radius 2 is 2.09 bits per heavy atom. The number of hydrogen-bond donors (Lipinski definition) is 1. The molecule has 2 rings (SSSR count). The molecule has 6 heteroatoms. The number of benzene rings is 1.